The molecule has 4 heteroatoms. The van der Waals surface area contributed by atoms with Gasteiger partial charge in [-0.25, -0.2) is 8.78 Å². The van der Waals surface area contributed by atoms with E-state index in [9.17, 15) is 8.78 Å². The second-order valence-corrected chi connectivity index (χ2v) is 6.60. The van der Waals surface area contributed by atoms with Crippen LogP contribution in [-0.2, 0) is 6.42 Å². The second kappa shape index (κ2) is 7.14. The summed E-state index contributed by atoms with van der Waals surface area (Å²) >= 11 is 1.72. The van der Waals surface area contributed by atoms with Crippen molar-refractivity contribution in [2.45, 2.75) is 39.7 Å². The van der Waals surface area contributed by atoms with Crippen LogP contribution in [0.3, 0.4) is 0 Å². The van der Waals surface area contributed by atoms with Gasteiger partial charge in [0.2, 0.25) is 0 Å². The number of rotatable bonds is 6. The third-order valence-electron chi connectivity index (χ3n) is 3.62. The highest BCUT2D eigenvalue weighted by Gasteiger charge is 2.18. The summed E-state index contributed by atoms with van der Waals surface area (Å²) in [6.07, 6.45) is 1.47. The van der Waals surface area contributed by atoms with E-state index in [0.29, 0.717) is 12.0 Å². The van der Waals surface area contributed by atoms with Crippen molar-refractivity contribution in [3.8, 4) is 0 Å². The zero-order valence-electron chi connectivity index (χ0n) is 12.7. The van der Waals surface area contributed by atoms with E-state index < -0.39 is 11.6 Å². The Kier molecular flexibility index (Phi) is 5.48. The smallest absolute Gasteiger partial charge is 0.162 e. The average molecular weight is 309 g/mol. The summed E-state index contributed by atoms with van der Waals surface area (Å²) in [6, 6.07) is 6.55. The molecule has 0 fully saturated rings. The normalized spacial score (nSPS) is 12.6. The number of aryl methyl sites for hydroxylation is 2. The summed E-state index contributed by atoms with van der Waals surface area (Å²) in [4.78, 5) is 2.45. The Morgan fingerprint density at radius 3 is 2.62 bits per heavy atom. The van der Waals surface area contributed by atoms with Crippen molar-refractivity contribution in [1.29, 1.82) is 0 Å². The molecule has 0 saturated carbocycles. The average Bonchev–Trinajstić information content (AvgIpc) is 2.79. The van der Waals surface area contributed by atoms with Crippen LogP contribution in [-0.4, -0.2) is 6.54 Å². The van der Waals surface area contributed by atoms with E-state index in [4.69, 9.17) is 0 Å². The standard InChI is InChI=1S/C17H21F2NS/c1-4-8-20-15(16-9-11(2)12(3)21-16)10-13-6-5-7-14(18)17(13)19/h5-7,9,15,20H,4,8,10H2,1-3H3. The van der Waals surface area contributed by atoms with Gasteiger partial charge in [-0.2, -0.15) is 0 Å². The lowest BCUT2D eigenvalue weighted by atomic mass is 10.0. The van der Waals surface area contributed by atoms with Crippen molar-refractivity contribution in [2.75, 3.05) is 6.54 Å². The van der Waals surface area contributed by atoms with Crippen LogP contribution < -0.4 is 5.32 Å². The zero-order valence-corrected chi connectivity index (χ0v) is 13.5. The van der Waals surface area contributed by atoms with E-state index >= 15 is 0 Å². The minimum absolute atomic E-state index is 0.0265. The van der Waals surface area contributed by atoms with E-state index in [0.717, 1.165) is 19.0 Å². The van der Waals surface area contributed by atoms with E-state index in [-0.39, 0.29) is 6.04 Å². The topological polar surface area (TPSA) is 12.0 Å². The maximum Gasteiger partial charge on any atom is 0.162 e. The highest BCUT2D eigenvalue weighted by molar-refractivity contribution is 7.12. The van der Waals surface area contributed by atoms with Crippen molar-refractivity contribution < 1.29 is 8.78 Å². The van der Waals surface area contributed by atoms with Gasteiger partial charge in [0.1, 0.15) is 0 Å². The van der Waals surface area contributed by atoms with Gasteiger partial charge in [-0.15, -0.1) is 11.3 Å². The first kappa shape index (κ1) is 16.1. The molecule has 0 saturated heterocycles. The van der Waals surface area contributed by atoms with Gasteiger partial charge in [0, 0.05) is 15.8 Å². The lowest BCUT2D eigenvalue weighted by Crippen LogP contribution is -2.23. The van der Waals surface area contributed by atoms with E-state index in [1.54, 1.807) is 23.5 Å². The molecule has 21 heavy (non-hydrogen) atoms. The quantitative estimate of drug-likeness (QED) is 0.798. The number of benzene rings is 1. The molecule has 114 valence electrons. The molecule has 0 aliphatic rings. The van der Waals surface area contributed by atoms with Crippen molar-refractivity contribution in [2.24, 2.45) is 0 Å². The first-order valence-corrected chi connectivity index (χ1v) is 8.07. The van der Waals surface area contributed by atoms with Crippen LogP contribution in [0.15, 0.2) is 24.3 Å². The fourth-order valence-electron chi connectivity index (χ4n) is 2.29. The minimum Gasteiger partial charge on any atom is -0.309 e. The summed E-state index contributed by atoms with van der Waals surface area (Å²) in [5, 5.41) is 3.44. The molecular formula is C17H21F2NS. The van der Waals surface area contributed by atoms with Gasteiger partial charge in [-0.1, -0.05) is 19.1 Å². The van der Waals surface area contributed by atoms with E-state index in [2.05, 4.69) is 32.2 Å². The van der Waals surface area contributed by atoms with Gasteiger partial charge in [0.05, 0.1) is 0 Å². The number of hydrogen-bond acceptors (Lipinski definition) is 2. The van der Waals surface area contributed by atoms with Crippen LogP contribution in [0.1, 0.15) is 40.3 Å². The maximum absolute atomic E-state index is 13.9. The molecule has 0 spiro atoms. The predicted octanol–water partition coefficient (Wildman–Crippen LogP) is 4.93. The van der Waals surface area contributed by atoms with Crippen molar-refractivity contribution in [3.63, 3.8) is 0 Å². The molecule has 0 aliphatic heterocycles. The number of nitrogens with one attached hydrogen (secondary N) is 1. The van der Waals surface area contributed by atoms with Gasteiger partial charge in [0.25, 0.3) is 0 Å². The Morgan fingerprint density at radius 1 is 1.24 bits per heavy atom. The Balaban J connectivity index is 2.26. The Hall–Kier alpha value is -1.26. The fraction of sp³-hybridized carbons (Fsp3) is 0.412. The van der Waals surface area contributed by atoms with E-state index in [1.807, 2.05) is 0 Å². The summed E-state index contributed by atoms with van der Waals surface area (Å²) in [5.41, 5.74) is 1.67. The highest BCUT2D eigenvalue weighted by atomic mass is 32.1. The SMILES string of the molecule is CCCNC(Cc1cccc(F)c1F)c1cc(C)c(C)s1. The summed E-state index contributed by atoms with van der Waals surface area (Å²) in [6.45, 7) is 7.12. The first-order chi connectivity index (χ1) is 10.0. The van der Waals surface area contributed by atoms with Gasteiger partial charge >= 0.3 is 0 Å². The van der Waals surface area contributed by atoms with Crippen molar-refractivity contribution in [3.05, 3.63) is 56.8 Å². The molecule has 1 atom stereocenters. The molecule has 0 aliphatic carbocycles. The van der Waals surface area contributed by atoms with Crippen LogP contribution >= 0.6 is 11.3 Å². The van der Waals surface area contributed by atoms with Crippen LogP contribution in [0.25, 0.3) is 0 Å². The van der Waals surface area contributed by atoms with Gasteiger partial charge in [0.15, 0.2) is 11.6 Å². The van der Waals surface area contributed by atoms with Crippen LogP contribution in [0, 0.1) is 25.5 Å². The molecule has 1 nitrogen and oxygen atoms in total. The molecule has 1 N–H and O–H groups in total. The number of halogens is 2. The second-order valence-electron chi connectivity index (χ2n) is 5.31. The van der Waals surface area contributed by atoms with Crippen LogP contribution in [0.2, 0.25) is 0 Å². The summed E-state index contributed by atoms with van der Waals surface area (Å²) < 4.78 is 27.2. The summed E-state index contributed by atoms with van der Waals surface area (Å²) in [5.74, 6) is -1.51. The highest BCUT2D eigenvalue weighted by Crippen LogP contribution is 2.29. The molecule has 0 bridgehead atoms. The van der Waals surface area contributed by atoms with Gasteiger partial charge in [-0.3, -0.25) is 0 Å². The number of thiophene rings is 1. The van der Waals surface area contributed by atoms with Crippen LogP contribution in [0.4, 0.5) is 8.78 Å². The third-order valence-corrected chi connectivity index (χ3v) is 4.89. The molecule has 1 aromatic carbocycles. The maximum atomic E-state index is 13.9. The molecule has 1 unspecified atom stereocenters. The predicted molar refractivity (Wildman–Crippen MR) is 84.9 cm³/mol. The minimum atomic E-state index is -0.778. The monoisotopic (exact) mass is 309 g/mol. The molecule has 0 amide bonds. The lowest BCUT2D eigenvalue weighted by Gasteiger charge is -2.18. The van der Waals surface area contributed by atoms with Crippen LogP contribution in [0.5, 0.6) is 0 Å². The molecule has 1 heterocycles. The molecule has 2 aromatic rings. The van der Waals surface area contributed by atoms with Crippen molar-refractivity contribution in [1.82, 2.24) is 5.32 Å². The zero-order chi connectivity index (χ0) is 15.4. The third kappa shape index (κ3) is 3.89. The Bertz CT molecular complexity index is 587. The molecule has 0 radical (unpaired) electrons. The number of hydrogen-bond donors (Lipinski definition) is 1. The Morgan fingerprint density at radius 2 is 2.00 bits per heavy atom. The lowest BCUT2D eigenvalue weighted by molar-refractivity contribution is 0.479. The van der Waals surface area contributed by atoms with E-state index in [1.165, 1.54) is 15.3 Å². The van der Waals surface area contributed by atoms with Crippen molar-refractivity contribution >= 4 is 11.3 Å². The molecule has 2 rings (SSSR count). The Labute approximate surface area is 129 Å². The molecular weight excluding hydrogens is 288 g/mol. The van der Waals surface area contributed by atoms with Gasteiger partial charge < -0.3 is 5.32 Å². The largest absolute Gasteiger partial charge is 0.309 e. The summed E-state index contributed by atoms with van der Waals surface area (Å²) in [7, 11) is 0. The van der Waals surface area contributed by atoms with Gasteiger partial charge in [-0.05, 0) is 56.5 Å². The fourth-order valence-corrected chi connectivity index (χ4v) is 3.41. The molecule has 1 aromatic heterocycles. The first-order valence-electron chi connectivity index (χ1n) is 7.26.